The highest BCUT2D eigenvalue weighted by atomic mass is 127. The van der Waals surface area contributed by atoms with Gasteiger partial charge in [0.1, 0.15) is 5.75 Å². The number of nitrogens with zero attached hydrogens (tertiary/aromatic N) is 4. The number of rotatable bonds is 7. The maximum absolute atomic E-state index is 13.4. The van der Waals surface area contributed by atoms with Crippen LogP contribution in [0.25, 0.3) is 0 Å². The lowest BCUT2D eigenvalue weighted by Gasteiger charge is -2.24. The van der Waals surface area contributed by atoms with Gasteiger partial charge in [-0.1, -0.05) is 0 Å². The Morgan fingerprint density at radius 1 is 0.848 bits per heavy atom. The number of hydrogen-bond acceptors (Lipinski definition) is 8. The Balaban J connectivity index is 2.76. The zero-order valence-electron chi connectivity index (χ0n) is 15.6. The molecule has 2 rings (SSSR count). The summed E-state index contributed by atoms with van der Waals surface area (Å²) >= 11 is 3.03. The summed E-state index contributed by atoms with van der Waals surface area (Å²) in [5.41, 5.74) is -4.17. The second-order valence-electron chi connectivity index (χ2n) is 6.01. The van der Waals surface area contributed by atoms with Crippen LogP contribution in [0.4, 0.5) is 50.4 Å². The molecule has 0 spiro atoms. The standard InChI is InChI=1S/C15H7F5I2N4O7/c1-23(13-10(25(29)30)2-6(24(27)28)3-11(13)26(31)32)9-5-12(8(22)4-7(9)21)33-15(19,20)14(16,17)18/h2-5H,1H3. The van der Waals surface area contributed by atoms with E-state index in [0.717, 1.165) is 18.0 Å². The number of anilines is 2. The molecule has 0 saturated carbocycles. The Bertz CT molecular complexity index is 1130. The van der Waals surface area contributed by atoms with Gasteiger partial charge < -0.3 is 9.64 Å². The second kappa shape index (κ2) is 9.30. The lowest BCUT2D eigenvalue weighted by Crippen LogP contribution is -2.42. The van der Waals surface area contributed by atoms with Crippen molar-refractivity contribution in [1.29, 1.82) is 0 Å². The van der Waals surface area contributed by atoms with Gasteiger partial charge >= 0.3 is 23.7 Å². The van der Waals surface area contributed by atoms with E-state index in [2.05, 4.69) is 4.74 Å². The Kier molecular flexibility index (Phi) is 7.50. The van der Waals surface area contributed by atoms with Crippen LogP contribution in [-0.2, 0) is 0 Å². The van der Waals surface area contributed by atoms with Crippen LogP contribution in [0.3, 0.4) is 0 Å². The molecule has 0 aliphatic carbocycles. The number of ether oxygens (including phenoxy) is 1. The molecular formula is C15H7F5I2N4O7. The molecule has 0 atom stereocenters. The smallest absolute Gasteiger partial charge is 0.425 e. The molecule has 33 heavy (non-hydrogen) atoms. The van der Waals surface area contributed by atoms with Gasteiger partial charge in [-0.2, -0.15) is 22.0 Å². The van der Waals surface area contributed by atoms with E-state index in [0.29, 0.717) is 18.2 Å². The molecule has 178 valence electrons. The zero-order chi connectivity index (χ0) is 25.5. The Morgan fingerprint density at radius 3 is 1.73 bits per heavy atom. The van der Waals surface area contributed by atoms with Gasteiger partial charge in [-0.3, -0.25) is 30.3 Å². The molecule has 11 nitrogen and oxygen atoms in total. The summed E-state index contributed by atoms with van der Waals surface area (Å²) in [7, 11) is 1.03. The fourth-order valence-electron chi connectivity index (χ4n) is 2.49. The van der Waals surface area contributed by atoms with Crippen LogP contribution >= 0.6 is 45.2 Å². The third-order valence-electron chi connectivity index (χ3n) is 3.92. The molecule has 2 aromatic carbocycles. The van der Waals surface area contributed by atoms with Crippen molar-refractivity contribution in [3.8, 4) is 5.75 Å². The van der Waals surface area contributed by atoms with Crippen LogP contribution in [0.15, 0.2) is 24.3 Å². The van der Waals surface area contributed by atoms with Crippen LogP contribution in [0, 0.1) is 37.5 Å². The largest absolute Gasteiger partial charge is 0.499 e. The molecular weight excluding hydrogens is 697 g/mol. The molecule has 0 N–H and O–H groups in total. The highest BCUT2D eigenvalue weighted by Gasteiger charge is 2.61. The first kappa shape index (κ1) is 26.6. The van der Waals surface area contributed by atoms with Crippen LogP contribution in [-0.4, -0.2) is 34.1 Å². The monoisotopic (exact) mass is 704 g/mol. The number of nitro benzene ring substituents is 3. The summed E-state index contributed by atoms with van der Waals surface area (Å²) in [4.78, 5) is 31.4. The van der Waals surface area contributed by atoms with E-state index in [9.17, 15) is 52.3 Å². The van der Waals surface area contributed by atoms with Crippen molar-refractivity contribution in [2.75, 3.05) is 11.9 Å². The minimum absolute atomic E-state index is 0.129. The first-order chi connectivity index (χ1) is 15.0. The van der Waals surface area contributed by atoms with Crippen molar-refractivity contribution in [2.45, 2.75) is 12.3 Å². The molecule has 0 aliphatic heterocycles. The Labute approximate surface area is 206 Å². The lowest BCUT2D eigenvalue weighted by atomic mass is 10.1. The minimum Gasteiger partial charge on any atom is -0.425 e. The van der Waals surface area contributed by atoms with Gasteiger partial charge in [0.2, 0.25) is 0 Å². The first-order valence-electron chi connectivity index (χ1n) is 7.95. The molecule has 0 bridgehead atoms. The normalized spacial score (nSPS) is 11.8. The van der Waals surface area contributed by atoms with Crippen molar-refractivity contribution in [1.82, 2.24) is 0 Å². The van der Waals surface area contributed by atoms with E-state index in [-0.39, 0.29) is 12.8 Å². The predicted molar refractivity (Wildman–Crippen MR) is 118 cm³/mol. The van der Waals surface area contributed by atoms with E-state index in [4.69, 9.17) is 0 Å². The summed E-state index contributed by atoms with van der Waals surface area (Å²) in [6.07, 6.45) is -11.6. The predicted octanol–water partition coefficient (Wildman–Crippen LogP) is 5.92. The molecule has 0 amide bonds. The van der Waals surface area contributed by atoms with Crippen LogP contribution < -0.4 is 9.64 Å². The average Bonchev–Trinajstić information content (AvgIpc) is 2.67. The fourth-order valence-corrected chi connectivity index (χ4v) is 4.49. The van der Waals surface area contributed by atoms with Crippen molar-refractivity contribution in [3.63, 3.8) is 0 Å². The summed E-state index contributed by atoms with van der Waals surface area (Å²) in [5, 5.41) is 34.0. The van der Waals surface area contributed by atoms with Crippen molar-refractivity contribution in [3.05, 3.63) is 61.7 Å². The quantitative estimate of drug-likeness (QED) is 0.150. The van der Waals surface area contributed by atoms with Gasteiger partial charge in [0, 0.05) is 16.7 Å². The van der Waals surface area contributed by atoms with Gasteiger partial charge in [0.15, 0.2) is 5.69 Å². The first-order valence-corrected chi connectivity index (χ1v) is 10.1. The second-order valence-corrected chi connectivity index (χ2v) is 8.34. The molecule has 0 unspecified atom stereocenters. The van der Waals surface area contributed by atoms with Gasteiger partial charge in [-0.05, 0) is 51.2 Å². The zero-order valence-corrected chi connectivity index (χ0v) is 19.9. The van der Waals surface area contributed by atoms with Gasteiger partial charge in [0.25, 0.3) is 5.69 Å². The molecule has 0 heterocycles. The SMILES string of the molecule is CN(c1cc(OC(F)(F)C(F)(F)F)c(I)cc1I)c1c([N+](=O)[O-])cc([N+](=O)[O-])cc1[N+](=O)[O-]. The number of halogens is 7. The maximum atomic E-state index is 13.4. The Morgan fingerprint density at radius 2 is 1.33 bits per heavy atom. The van der Waals surface area contributed by atoms with Crippen molar-refractivity contribution >= 4 is 73.6 Å². The van der Waals surface area contributed by atoms with Gasteiger partial charge in [-0.25, -0.2) is 0 Å². The third-order valence-corrected chi connectivity index (χ3v) is 5.63. The van der Waals surface area contributed by atoms with E-state index in [1.807, 2.05) is 0 Å². The van der Waals surface area contributed by atoms with Crippen molar-refractivity contribution < 1.29 is 41.5 Å². The molecule has 0 aliphatic rings. The van der Waals surface area contributed by atoms with E-state index in [1.165, 1.54) is 22.6 Å². The molecule has 2 aromatic rings. The highest BCUT2D eigenvalue weighted by Crippen LogP contribution is 2.46. The van der Waals surface area contributed by atoms with Crippen LogP contribution in [0.2, 0.25) is 0 Å². The minimum atomic E-state index is -6.05. The maximum Gasteiger partial charge on any atom is 0.499 e. The summed E-state index contributed by atoms with van der Waals surface area (Å²) in [6.45, 7) is 0. The fraction of sp³-hybridized carbons (Fsp3) is 0.200. The third kappa shape index (κ3) is 5.47. The number of benzene rings is 2. The molecule has 18 heteroatoms. The highest BCUT2D eigenvalue weighted by molar-refractivity contribution is 14.1. The van der Waals surface area contributed by atoms with E-state index in [1.54, 1.807) is 22.6 Å². The molecule has 0 aromatic heterocycles. The van der Waals surface area contributed by atoms with Crippen molar-refractivity contribution in [2.24, 2.45) is 0 Å². The molecule has 0 saturated heterocycles. The topological polar surface area (TPSA) is 142 Å². The van der Waals surface area contributed by atoms with E-state index >= 15 is 0 Å². The number of non-ortho nitro benzene ring substituents is 1. The summed E-state index contributed by atoms with van der Waals surface area (Å²) in [5.74, 6) is -0.965. The number of alkyl halides is 5. The summed E-state index contributed by atoms with van der Waals surface area (Å²) < 4.78 is 68.2. The average molecular weight is 704 g/mol. The van der Waals surface area contributed by atoms with E-state index < -0.39 is 55.6 Å². The number of hydrogen-bond donors (Lipinski definition) is 0. The molecule has 0 radical (unpaired) electrons. The lowest BCUT2D eigenvalue weighted by molar-refractivity contribution is -0.402. The molecule has 0 fully saturated rings. The number of nitro groups is 3. The van der Waals surface area contributed by atoms with Crippen LogP contribution in [0.5, 0.6) is 5.75 Å². The van der Waals surface area contributed by atoms with Crippen LogP contribution in [0.1, 0.15) is 0 Å². The van der Waals surface area contributed by atoms with Gasteiger partial charge in [0.05, 0.1) is 36.2 Å². The summed E-state index contributed by atoms with van der Waals surface area (Å²) in [6, 6.07) is 2.68. The van der Waals surface area contributed by atoms with Gasteiger partial charge in [-0.15, -0.1) is 0 Å². The Hall–Kier alpha value is -2.65.